The highest BCUT2D eigenvalue weighted by atomic mass is 35.5. The fourth-order valence-electron chi connectivity index (χ4n) is 0.696. The number of hydrogen-bond acceptors (Lipinski definition) is 0. The van der Waals surface area contributed by atoms with E-state index in [1.807, 2.05) is 19.9 Å². The predicted molar refractivity (Wildman–Crippen MR) is 35.3 cm³/mol. The topological polar surface area (TPSA) is 15.8 Å². The van der Waals surface area contributed by atoms with Crippen molar-refractivity contribution >= 4 is 11.6 Å². The summed E-state index contributed by atoms with van der Waals surface area (Å²) in [6.07, 6.45) is 0. The Morgan fingerprint density at radius 3 is 2.25 bits per heavy atom. The molecule has 1 rings (SSSR count). The molecule has 0 amide bonds. The smallest absolute Gasteiger partial charge is 0.109 e. The van der Waals surface area contributed by atoms with E-state index < -0.39 is 0 Å². The third kappa shape index (κ3) is 0.869. The van der Waals surface area contributed by atoms with Gasteiger partial charge in [0.1, 0.15) is 5.15 Å². The average Bonchev–Trinajstić information content (AvgIpc) is 1.85. The first-order valence-electron chi connectivity index (χ1n) is 2.52. The minimum atomic E-state index is 0.752. The van der Waals surface area contributed by atoms with Gasteiger partial charge in [0.25, 0.3) is 0 Å². The van der Waals surface area contributed by atoms with Gasteiger partial charge in [-0.3, -0.25) is 0 Å². The molecule has 1 nitrogen and oxygen atoms in total. The van der Waals surface area contributed by atoms with Crippen LogP contribution in [0, 0.1) is 13.8 Å². The molecule has 0 radical (unpaired) electrons. The maximum atomic E-state index is 5.67. The summed E-state index contributed by atoms with van der Waals surface area (Å²) in [6.45, 7) is 3.96. The Hall–Kier alpha value is -0.430. The van der Waals surface area contributed by atoms with Gasteiger partial charge in [-0.25, -0.2) is 0 Å². The van der Waals surface area contributed by atoms with Gasteiger partial charge >= 0.3 is 0 Å². The minimum absolute atomic E-state index is 0.752. The lowest BCUT2D eigenvalue weighted by Crippen LogP contribution is -1.64. The molecule has 0 fully saturated rings. The lowest BCUT2D eigenvalue weighted by atomic mass is 10.4. The molecule has 44 valence electrons. The van der Waals surface area contributed by atoms with Crippen LogP contribution in [0.1, 0.15) is 11.3 Å². The van der Waals surface area contributed by atoms with Crippen LogP contribution in [0.25, 0.3) is 0 Å². The third-order valence-corrected chi connectivity index (χ3v) is 1.48. The van der Waals surface area contributed by atoms with Gasteiger partial charge in [0.05, 0.1) is 0 Å². The molecule has 0 spiro atoms. The van der Waals surface area contributed by atoms with E-state index in [4.69, 9.17) is 11.6 Å². The molecule has 0 unspecified atom stereocenters. The van der Waals surface area contributed by atoms with Crippen LogP contribution in [0.5, 0.6) is 0 Å². The molecule has 0 bridgehead atoms. The van der Waals surface area contributed by atoms with Gasteiger partial charge in [0.2, 0.25) is 0 Å². The van der Waals surface area contributed by atoms with Gasteiger partial charge in [0, 0.05) is 5.69 Å². The van der Waals surface area contributed by atoms with Crippen molar-refractivity contribution < 1.29 is 0 Å². The molecule has 0 saturated heterocycles. The van der Waals surface area contributed by atoms with Gasteiger partial charge in [-0.1, -0.05) is 11.6 Å². The molecular weight excluding hydrogens is 122 g/mol. The summed E-state index contributed by atoms with van der Waals surface area (Å²) in [4.78, 5) is 2.97. The van der Waals surface area contributed by atoms with E-state index >= 15 is 0 Å². The van der Waals surface area contributed by atoms with Gasteiger partial charge in [-0.05, 0) is 25.5 Å². The maximum Gasteiger partial charge on any atom is 0.109 e. The molecule has 1 heterocycles. The van der Waals surface area contributed by atoms with Crippen molar-refractivity contribution in [3.8, 4) is 0 Å². The highest BCUT2D eigenvalue weighted by Gasteiger charge is 1.94. The first kappa shape index (κ1) is 5.70. The average molecular weight is 130 g/mol. The Balaban J connectivity index is 3.14. The van der Waals surface area contributed by atoms with Crippen LogP contribution < -0.4 is 0 Å². The molecule has 1 aromatic heterocycles. The van der Waals surface area contributed by atoms with Crippen molar-refractivity contribution in [2.24, 2.45) is 0 Å². The van der Waals surface area contributed by atoms with Crippen LogP contribution in [0.15, 0.2) is 6.07 Å². The standard InChI is InChI=1S/C6H8ClN/c1-4-3-5(2)8-6(4)7/h3,8H,1-2H3. The predicted octanol–water partition coefficient (Wildman–Crippen LogP) is 2.28. The number of aromatic nitrogens is 1. The fourth-order valence-corrected chi connectivity index (χ4v) is 0.899. The van der Waals surface area contributed by atoms with Crippen molar-refractivity contribution in [3.05, 3.63) is 22.5 Å². The number of rotatable bonds is 0. The normalized spacial score (nSPS) is 9.88. The second-order valence-electron chi connectivity index (χ2n) is 1.95. The summed E-state index contributed by atoms with van der Waals surface area (Å²) < 4.78 is 0. The Labute approximate surface area is 53.7 Å². The monoisotopic (exact) mass is 129 g/mol. The second kappa shape index (κ2) is 1.82. The third-order valence-electron chi connectivity index (χ3n) is 1.09. The van der Waals surface area contributed by atoms with Crippen molar-refractivity contribution in [2.45, 2.75) is 13.8 Å². The molecule has 1 N–H and O–H groups in total. The summed E-state index contributed by atoms with van der Waals surface area (Å²) in [6, 6.07) is 2.02. The zero-order chi connectivity index (χ0) is 6.15. The van der Waals surface area contributed by atoms with Gasteiger partial charge in [-0.2, -0.15) is 0 Å². The highest BCUT2D eigenvalue weighted by Crippen LogP contribution is 2.13. The van der Waals surface area contributed by atoms with E-state index in [1.54, 1.807) is 0 Å². The number of aromatic amines is 1. The van der Waals surface area contributed by atoms with Crippen LogP contribution in [-0.2, 0) is 0 Å². The molecule has 0 atom stereocenters. The van der Waals surface area contributed by atoms with E-state index in [9.17, 15) is 0 Å². The molecule has 2 heteroatoms. The Morgan fingerprint density at radius 1 is 1.50 bits per heavy atom. The van der Waals surface area contributed by atoms with E-state index in [0.717, 1.165) is 16.4 Å². The Kier molecular flexibility index (Phi) is 1.30. The minimum Gasteiger partial charge on any atom is -0.350 e. The van der Waals surface area contributed by atoms with E-state index in [1.165, 1.54) is 0 Å². The van der Waals surface area contributed by atoms with E-state index in [-0.39, 0.29) is 0 Å². The molecule has 0 aliphatic rings. The highest BCUT2D eigenvalue weighted by molar-refractivity contribution is 6.30. The van der Waals surface area contributed by atoms with Crippen LogP contribution in [0.4, 0.5) is 0 Å². The van der Waals surface area contributed by atoms with Crippen LogP contribution in [0.2, 0.25) is 5.15 Å². The number of halogens is 1. The summed E-state index contributed by atoms with van der Waals surface area (Å²) in [5.41, 5.74) is 2.23. The van der Waals surface area contributed by atoms with Crippen molar-refractivity contribution in [1.29, 1.82) is 0 Å². The SMILES string of the molecule is Cc1cc(C)c(Cl)[nH]1. The van der Waals surface area contributed by atoms with Crippen molar-refractivity contribution in [2.75, 3.05) is 0 Å². The molecule has 0 aliphatic heterocycles. The quantitative estimate of drug-likeness (QED) is 0.553. The molecule has 0 aromatic carbocycles. The van der Waals surface area contributed by atoms with Crippen LogP contribution in [-0.4, -0.2) is 4.98 Å². The summed E-state index contributed by atoms with van der Waals surface area (Å²) >= 11 is 5.67. The first-order chi connectivity index (χ1) is 3.70. The largest absolute Gasteiger partial charge is 0.350 e. The van der Waals surface area contributed by atoms with E-state index in [2.05, 4.69) is 4.98 Å². The molecule has 0 saturated carbocycles. The Bertz CT molecular complexity index is 171. The number of hydrogen-bond donors (Lipinski definition) is 1. The zero-order valence-corrected chi connectivity index (χ0v) is 5.71. The summed E-state index contributed by atoms with van der Waals surface area (Å²) in [5, 5.41) is 0.752. The molecule has 8 heavy (non-hydrogen) atoms. The number of H-pyrrole nitrogens is 1. The van der Waals surface area contributed by atoms with E-state index in [0.29, 0.717) is 0 Å². The number of aryl methyl sites for hydroxylation is 2. The van der Waals surface area contributed by atoms with Gasteiger partial charge < -0.3 is 4.98 Å². The fraction of sp³-hybridized carbons (Fsp3) is 0.333. The maximum absolute atomic E-state index is 5.67. The Morgan fingerprint density at radius 2 is 2.12 bits per heavy atom. The number of nitrogens with one attached hydrogen (secondary N) is 1. The summed E-state index contributed by atoms with van der Waals surface area (Å²) in [5.74, 6) is 0. The van der Waals surface area contributed by atoms with Gasteiger partial charge in [-0.15, -0.1) is 0 Å². The van der Waals surface area contributed by atoms with Crippen molar-refractivity contribution in [3.63, 3.8) is 0 Å². The summed E-state index contributed by atoms with van der Waals surface area (Å²) in [7, 11) is 0. The van der Waals surface area contributed by atoms with Crippen molar-refractivity contribution in [1.82, 2.24) is 4.98 Å². The molecule has 0 aliphatic carbocycles. The molecular formula is C6H8ClN. The molecule has 1 aromatic rings. The second-order valence-corrected chi connectivity index (χ2v) is 2.33. The van der Waals surface area contributed by atoms with Crippen LogP contribution >= 0.6 is 11.6 Å². The lowest BCUT2D eigenvalue weighted by Gasteiger charge is -1.78. The van der Waals surface area contributed by atoms with Gasteiger partial charge in [0.15, 0.2) is 0 Å². The lowest BCUT2D eigenvalue weighted by molar-refractivity contribution is 1.26. The van der Waals surface area contributed by atoms with Crippen LogP contribution in [0.3, 0.4) is 0 Å². The first-order valence-corrected chi connectivity index (χ1v) is 2.89. The zero-order valence-electron chi connectivity index (χ0n) is 4.96.